The first kappa shape index (κ1) is 22.2. The van der Waals surface area contributed by atoms with Crippen LogP contribution in [-0.2, 0) is 0 Å². The summed E-state index contributed by atoms with van der Waals surface area (Å²) < 4.78 is 0. The highest BCUT2D eigenvalue weighted by molar-refractivity contribution is 5.83. The largest absolute Gasteiger partial charge is 0.349 e. The maximum absolute atomic E-state index is 8.21. The second-order valence-corrected chi connectivity index (χ2v) is 9.37. The molecule has 3 aromatic rings. The number of benzene rings is 1. The number of aromatic amines is 1. The van der Waals surface area contributed by atoms with Crippen molar-refractivity contribution in [3.8, 4) is 22.5 Å². The number of nitrogens with one attached hydrogen (secondary N) is 2. The molecule has 0 amide bonds. The number of pyridine rings is 1. The molecule has 0 spiro atoms. The lowest BCUT2D eigenvalue weighted by atomic mass is 10.0. The van der Waals surface area contributed by atoms with Gasteiger partial charge in [-0.2, -0.15) is 5.10 Å². The lowest BCUT2D eigenvalue weighted by molar-refractivity contribution is 0.468. The lowest BCUT2D eigenvalue weighted by Gasteiger charge is -2.22. The first-order valence-corrected chi connectivity index (χ1v) is 12.4. The van der Waals surface area contributed by atoms with E-state index in [4.69, 9.17) is 15.4 Å². The molecule has 36 heavy (non-hydrogen) atoms. The fourth-order valence-corrected chi connectivity index (χ4v) is 5.06. The van der Waals surface area contributed by atoms with Crippen molar-refractivity contribution in [3.05, 3.63) is 94.0 Å². The third kappa shape index (κ3) is 4.26. The van der Waals surface area contributed by atoms with Crippen molar-refractivity contribution in [3.63, 3.8) is 0 Å². The first-order valence-electron chi connectivity index (χ1n) is 12.4. The van der Waals surface area contributed by atoms with E-state index in [1.165, 1.54) is 10.9 Å². The zero-order valence-corrected chi connectivity index (χ0v) is 20.3. The highest BCUT2D eigenvalue weighted by atomic mass is 15.1. The monoisotopic (exact) mass is 472 g/mol. The molecule has 2 aliphatic heterocycles. The summed E-state index contributed by atoms with van der Waals surface area (Å²) in [5.41, 5.74) is 9.07. The molecule has 0 unspecified atom stereocenters. The van der Waals surface area contributed by atoms with Crippen LogP contribution in [-0.4, -0.2) is 38.6 Å². The van der Waals surface area contributed by atoms with Crippen LogP contribution in [0.2, 0.25) is 0 Å². The molecule has 0 bridgehead atoms. The van der Waals surface area contributed by atoms with Crippen LogP contribution in [0, 0.1) is 12.3 Å². The second-order valence-electron chi connectivity index (χ2n) is 9.37. The number of aryl methyl sites for hydroxylation is 1. The molecule has 6 heteroatoms. The Morgan fingerprint density at radius 3 is 2.89 bits per heavy atom. The third-order valence-electron chi connectivity index (χ3n) is 6.94. The molecule has 2 N–H and O–H groups in total. The number of aromatic nitrogens is 3. The Bertz CT molecular complexity index is 1600. The number of hydrogen-bond donors (Lipinski definition) is 2. The fourth-order valence-electron chi connectivity index (χ4n) is 5.06. The van der Waals surface area contributed by atoms with Crippen LogP contribution in [0.15, 0.2) is 82.9 Å². The molecule has 1 fully saturated rings. The van der Waals surface area contributed by atoms with Gasteiger partial charge in [-0.15, -0.1) is 0 Å². The predicted octanol–water partition coefficient (Wildman–Crippen LogP) is 4.65. The highest BCUT2D eigenvalue weighted by Crippen LogP contribution is 2.30. The SMILES string of the molecule is Cc1cccc(-c2[nH]ncc2-c2ccc3c(c2)=CC(C2=C4CCC(=N)CCN4C=CC=N2)=CCC=3)n1. The summed E-state index contributed by atoms with van der Waals surface area (Å²) in [6.45, 7) is 2.83. The van der Waals surface area contributed by atoms with Crippen molar-refractivity contribution in [2.24, 2.45) is 4.99 Å². The highest BCUT2D eigenvalue weighted by Gasteiger charge is 2.21. The molecule has 4 heterocycles. The van der Waals surface area contributed by atoms with Gasteiger partial charge in [0.25, 0.3) is 0 Å². The van der Waals surface area contributed by atoms with E-state index in [1.54, 1.807) is 0 Å². The normalized spacial score (nSPS) is 17.3. The van der Waals surface area contributed by atoms with Gasteiger partial charge in [-0.3, -0.25) is 15.1 Å². The van der Waals surface area contributed by atoms with Crippen LogP contribution < -0.4 is 10.4 Å². The molecule has 1 aromatic carbocycles. The fraction of sp³-hybridized carbons (Fsp3) is 0.200. The van der Waals surface area contributed by atoms with Gasteiger partial charge < -0.3 is 10.3 Å². The van der Waals surface area contributed by atoms with Gasteiger partial charge in [-0.25, -0.2) is 0 Å². The number of nitrogens with zero attached hydrogens (tertiary/aromatic N) is 4. The topological polar surface area (TPSA) is 81.0 Å². The van der Waals surface area contributed by atoms with Gasteiger partial charge in [-0.05, 0) is 78.1 Å². The van der Waals surface area contributed by atoms with Crippen molar-refractivity contribution in [2.75, 3.05) is 6.54 Å². The van der Waals surface area contributed by atoms with E-state index in [1.807, 2.05) is 43.6 Å². The van der Waals surface area contributed by atoms with E-state index in [-0.39, 0.29) is 0 Å². The average Bonchev–Trinajstić information content (AvgIpc) is 3.03. The summed E-state index contributed by atoms with van der Waals surface area (Å²) in [6, 6.07) is 12.6. The van der Waals surface area contributed by atoms with E-state index in [9.17, 15) is 0 Å². The van der Waals surface area contributed by atoms with Gasteiger partial charge in [-0.1, -0.05) is 30.4 Å². The Hall–Kier alpha value is -4.32. The minimum atomic E-state index is 0.787. The van der Waals surface area contributed by atoms with Gasteiger partial charge >= 0.3 is 0 Å². The van der Waals surface area contributed by atoms with Gasteiger partial charge in [0.2, 0.25) is 0 Å². The minimum absolute atomic E-state index is 0.787. The Balaban J connectivity index is 1.45. The minimum Gasteiger partial charge on any atom is -0.349 e. The van der Waals surface area contributed by atoms with Gasteiger partial charge in [0.1, 0.15) is 0 Å². The number of aliphatic imine (C=N–C) groups is 1. The number of rotatable bonds is 3. The number of fused-ring (bicyclic) bond motifs is 2. The molecule has 0 radical (unpaired) electrons. The summed E-state index contributed by atoms with van der Waals surface area (Å²) in [6.07, 6.45) is 17.9. The summed E-state index contributed by atoms with van der Waals surface area (Å²) >= 11 is 0. The molecular formula is C30H28N6. The van der Waals surface area contributed by atoms with E-state index in [0.29, 0.717) is 0 Å². The Morgan fingerprint density at radius 2 is 1.97 bits per heavy atom. The Labute approximate surface area is 210 Å². The average molecular weight is 473 g/mol. The van der Waals surface area contributed by atoms with E-state index in [2.05, 4.69) is 57.7 Å². The maximum atomic E-state index is 8.21. The van der Waals surface area contributed by atoms with Crippen molar-refractivity contribution in [2.45, 2.75) is 32.6 Å². The smallest absolute Gasteiger partial charge is 0.0912 e. The van der Waals surface area contributed by atoms with Crippen molar-refractivity contribution < 1.29 is 0 Å². The molecule has 178 valence electrons. The van der Waals surface area contributed by atoms with E-state index >= 15 is 0 Å². The molecule has 0 atom stereocenters. The Morgan fingerprint density at radius 1 is 1.03 bits per heavy atom. The molecule has 6 rings (SSSR count). The summed E-state index contributed by atoms with van der Waals surface area (Å²) in [5.74, 6) is 0. The zero-order valence-electron chi connectivity index (χ0n) is 20.3. The molecule has 3 aliphatic rings. The number of H-pyrrole nitrogens is 1. The third-order valence-corrected chi connectivity index (χ3v) is 6.94. The standard InChI is InChI=1S/C30H28N6/c1-20-5-2-8-27(34-20)30-26(19-33-35-30)22-10-9-21-6-3-7-23(18-24(21)17-22)29-28-12-11-25(31)13-16-36(28)15-4-14-32-29/h2,4-10,14-15,17-19,31H,3,11-13,16H2,1H3,(H,33,35). The molecular weight excluding hydrogens is 444 g/mol. The summed E-state index contributed by atoms with van der Waals surface area (Å²) in [5, 5.41) is 18.1. The summed E-state index contributed by atoms with van der Waals surface area (Å²) in [7, 11) is 0. The second kappa shape index (κ2) is 9.38. The Kier molecular flexibility index (Phi) is 5.77. The van der Waals surface area contributed by atoms with Crippen LogP contribution in [0.25, 0.3) is 34.7 Å². The molecule has 1 saturated heterocycles. The molecule has 0 saturated carbocycles. The van der Waals surface area contributed by atoms with Crippen LogP contribution in [0.3, 0.4) is 0 Å². The molecule has 2 aromatic heterocycles. The van der Waals surface area contributed by atoms with Gasteiger partial charge in [0, 0.05) is 48.0 Å². The molecule has 1 aliphatic carbocycles. The quantitative estimate of drug-likeness (QED) is 0.582. The van der Waals surface area contributed by atoms with Crippen molar-refractivity contribution in [1.82, 2.24) is 20.1 Å². The lowest BCUT2D eigenvalue weighted by Crippen LogP contribution is -2.24. The summed E-state index contributed by atoms with van der Waals surface area (Å²) in [4.78, 5) is 11.8. The van der Waals surface area contributed by atoms with E-state index < -0.39 is 0 Å². The maximum Gasteiger partial charge on any atom is 0.0912 e. The van der Waals surface area contributed by atoms with Crippen LogP contribution in [0.1, 0.15) is 31.4 Å². The zero-order chi connectivity index (χ0) is 24.5. The van der Waals surface area contributed by atoms with Crippen LogP contribution in [0.5, 0.6) is 0 Å². The van der Waals surface area contributed by atoms with Crippen LogP contribution >= 0.6 is 0 Å². The number of allylic oxidation sites excluding steroid dienone is 4. The van der Waals surface area contributed by atoms with Gasteiger partial charge in [0.15, 0.2) is 0 Å². The van der Waals surface area contributed by atoms with E-state index in [0.717, 1.165) is 82.6 Å². The first-order chi connectivity index (χ1) is 17.7. The van der Waals surface area contributed by atoms with Gasteiger partial charge in [0.05, 0.1) is 23.3 Å². The van der Waals surface area contributed by atoms with Crippen molar-refractivity contribution in [1.29, 1.82) is 5.41 Å². The van der Waals surface area contributed by atoms with Crippen molar-refractivity contribution >= 4 is 24.1 Å². The van der Waals surface area contributed by atoms with Crippen LogP contribution in [0.4, 0.5) is 0 Å². The predicted molar refractivity (Wildman–Crippen MR) is 146 cm³/mol. The number of hydrogen-bond acceptors (Lipinski definition) is 5. The molecule has 6 nitrogen and oxygen atoms in total.